The number of aryl methyl sites for hydroxylation is 2. The molecule has 0 fully saturated rings. The fraction of sp³-hybridized carbons (Fsp3) is 0.200. The van der Waals surface area contributed by atoms with Gasteiger partial charge >= 0.3 is 5.69 Å². The highest BCUT2D eigenvalue weighted by Crippen LogP contribution is 2.22. The normalized spacial score (nSPS) is 10.5. The van der Waals surface area contributed by atoms with E-state index in [9.17, 15) is 9.59 Å². The van der Waals surface area contributed by atoms with Crippen LogP contribution in [-0.2, 0) is 0 Å². The van der Waals surface area contributed by atoms with Gasteiger partial charge in [-0.15, -0.1) is 0 Å². The van der Waals surface area contributed by atoms with E-state index in [1.54, 1.807) is 19.9 Å². The molecule has 0 saturated carbocycles. The molecule has 2 aromatic heterocycles. The van der Waals surface area contributed by atoms with Crippen LogP contribution in [0.15, 0.2) is 26.3 Å². The zero-order valence-corrected chi connectivity index (χ0v) is 8.38. The summed E-state index contributed by atoms with van der Waals surface area (Å²) in [6, 6.07) is 1.76. The summed E-state index contributed by atoms with van der Waals surface area (Å²) in [6.45, 7) is 3.57. The summed E-state index contributed by atoms with van der Waals surface area (Å²) >= 11 is 0. The maximum atomic E-state index is 11.5. The second kappa shape index (κ2) is 3.27. The maximum absolute atomic E-state index is 11.5. The van der Waals surface area contributed by atoms with Crippen molar-refractivity contribution >= 4 is 0 Å². The minimum absolute atomic E-state index is 0.406. The third kappa shape index (κ3) is 1.63. The van der Waals surface area contributed by atoms with Crippen molar-refractivity contribution in [2.75, 3.05) is 0 Å². The van der Waals surface area contributed by atoms with E-state index in [4.69, 9.17) is 4.42 Å². The van der Waals surface area contributed by atoms with E-state index in [1.165, 1.54) is 6.20 Å². The summed E-state index contributed by atoms with van der Waals surface area (Å²) in [4.78, 5) is 26.9. The number of aromatic amines is 2. The van der Waals surface area contributed by atoms with E-state index in [0.29, 0.717) is 16.9 Å². The first kappa shape index (κ1) is 9.51. The van der Waals surface area contributed by atoms with Crippen LogP contribution >= 0.6 is 0 Å². The first-order valence-electron chi connectivity index (χ1n) is 4.47. The lowest BCUT2D eigenvalue weighted by Crippen LogP contribution is -2.22. The molecule has 0 aromatic carbocycles. The maximum Gasteiger partial charge on any atom is 0.325 e. The van der Waals surface area contributed by atoms with E-state index in [2.05, 4.69) is 9.97 Å². The third-order valence-corrected chi connectivity index (χ3v) is 2.15. The van der Waals surface area contributed by atoms with Crippen LogP contribution in [0.2, 0.25) is 0 Å². The van der Waals surface area contributed by atoms with Crippen LogP contribution in [0.25, 0.3) is 11.1 Å². The lowest BCUT2D eigenvalue weighted by atomic mass is 10.1. The van der Waals surface area contributed by atoms with Gasteiger partial charge in [-0.1, -0.05) is 0 Å². The van der Waals surface area contributed by atoms with Crippen molar-refractivity contribution in [3.63, 3.8) is 0 Å². The summed E-state index contributed by atoms with van der Waals surface area (Å²) in [5.41, 5.74) is 0.179. The van der Waals surface area contributed by atoms with Gasteiger partial charge in [0.1, 0.15) is 11.5 Å². The Bertz CT molecular complexity index is 604. The van der Waals surface area contributed by atoms with Gasteiger partial charge in [-0.3, -0.25) is 9.78 Å². The van der Waals surface area contributed by atoms with Gasteiger partial charge in [0.15, 0.2) is 0 Å². The lowest BCUT2D eigenvalue weighted by molar-refractivity contribution is 0.505. The number of hydrogen-bond donors (Lipinski definition) is 2. The Labute approximate surface area is 84.8 Å². The van der Waals surface area contributed by atoms with Gasteiger partial charge in [-0.05, 0) is 19.9 Å². The van der Waals surface area contributed by atoms with Crippen molar-refractivity contribution in [2.45, 2.75) is 13.8 Å². The molecule has 78 valence electrons. The van der Waals surface area contributed by atoms with Crippen LogP contribution in [0.5, 0.6) is 0 Å². The van der Waals surface area contributed by atoms with Crippen LogP contribution in [0, 0.1) is 13.8 Å². The van der Waals surface area contributed by atoms with Crippen molar-refractivity contribution < 1.29 is 4.42 Å². The number of aromatic nitrogens is 2. The molecule has 0 aliphatic heterocycles. The number of nitrogens with one attached hydrogen (secondary N) is 2. The quantitative estimate of drug-likeness (QED) is 0.728. The molecule has 0 atom stereocenters. The standard InChI is InChI=1S/C10H10N2O3/c1-5-3-7(6(2)15-5)8-4-11-10(14)12-9(8)13/h3-4H,1-2H3,(H2,11,12,13,14). The highest BCUT2D eigenvalue weighted by molar-refractivity contribution is 5.63. The second-order valence-electron chi connectivity index (χ2n) is 3.31. The van der Waals surface area contributed by atoms with E-state index >= 15 is 0 Å². The van der Waals surface area contributed by atoms with Crippen molar-refractivity contribution in [1.29, 1.82) is 0 Å². The van der Waals surface area contributed by atoms with E-state index in [0.717, 1.165) is 5.76 Å². The number of furan rings is 1. The van der Waals surface area contributed by atoms with E-state index in [1.807, 2.05) is 0 Å². The van der Waals surface area contributed by atoms with Crippen molar-refractivity contribution in [2.24, 2.45) is 0 Å². The summed E-state index contributed by atoms with van der Waals surface area (Å²) in [5.74, 6) is 1.39. The Kier molecular flexibility index (Phi) is 2.07. The topological polar surface area (TPSA) is 78.9 Å². The Balaban J connectivity index is 2.69. The Morgan fingerprint density at radius 1 is 1.20 bits per heavy atom. The zero-order chi connectivity index (χ0) is 11.0. The van der Waals surface area contributed by atoms with Crippen molar-refractivity contribution in [3.8, 4) is 11.1 Å². The molecule has 0 radical (unpaired) electrons. The Morgan fingerprint density at radius 3 is 2.47 bits per heavy atom. The van der Waals surface area contributed by atoms with Gasteiger partial charge in [0.2, 0.25) is 0 Å². The van der Waals surface area contributed by atoms with Gasteiger partial charge in [-0.2, -0.15) is 0 Å². The number of hydrogen-bond acceptors (Lipinski definition) is 3. The Morgan fingerprint density at radius 2 is 1.93 bits per heavy atom. The molecule has 2 rings (SSSR count). The molecule has 15 heavy (non-hydrogen) atoms. The predicted octanol–water partition coefficient (Wildman–Crippen LogP) is 0.940. The fourth-order valence-electron chi connectivity index (χ4n) is 1.51. The van der Waals surface area contributed by atoms with Crippen LogP contribution in [-0.4, -0.2) is 9.97 Å². The second-order valence-corrected chi connectivity index (χ2v) is 3.31. The minimum atomic E-state index is -0.512. The van der Waals surface area contributed by atoms with Gasteiger partial charge in [0.05, 0.1) is 5.56 Å². The van der Waals surface area contributed by atoms with E-state index in [-0.39, 0.29) is 0 Å². The molecule has 0 amide bonds. The molecule has 0 saturated heterocycles. The largest absolute Gasteiger partial charge is 0.466 e. The number of rotatable bonds is 1. The molecular weight excluding hydrogens is 196 g/mol. The van der Waals surface area contributed by atoms with Crippen LogP contribution in [0.3, 0.4) is 0 Å². The van der Waals surface area contributed by atoms with Crippen molar-refractivity contribution in [3.05, 3.63) is 44.6 Å². The first-order chi connectivity index (χ1) is 7.08. The molecule has 2 aromatic rings. The molecule has 5 heteroatoms. The minimum Gasteiger partial charge on any atom is -0.466 e. The highest BCUT2D eigenvalue weighted by Gasteiger charge is 2.10. The average Bonchev–Trinajstić information content (AvgIpc) is 2.45. The zero-order valence-electron chi connectivity index (χ0n) is 8.38. The molecule has 5 nitrogen and oxygen atoms in total. The van der Waals surface area contributed by atoms with Crippen LogP contribution in [0.4, 0.5) is 0 Å². The Hall–Kier alpha value is -2.04. The molecule has 0 unspecified atom stereocenters. The van der Waals surface area contributed by atoms with Gasteiger partial charge in [-0.25, -0.2) is 4.79 Å². The monoisotopic (exact) mass is 206 g/mol. The van der Waals surface area contributed by atoms with Gasteiger partial charge in [0, 0.05) is 11.8 Å². The molecule has 0 aliphatic rings. The summed E-state index contributed by atoms with van der Waals surface area (Å²) in [6.07, 6.45) is 1.39. The highest BCUT2D eigenvalue weighted by atomic mass is 16.3. The number of H-pyrrole nitrogens is 2. The van der Waals surface area contributed by atoms with Crippen molar-refractivity contribution in [1.82, 2.24) is 9.97 Å². The molecular formula is C10H10N2O3. The third-order valence-electron chi connectivity index (χ3n) is 2.15. The van der Waals surface area contributed by atoms with E-state index < -0.39 is 11.2 Å². The fourth-order valence-corrected chi connectivity index (χ4v) is 1.51. The molecule has 2 N–H and O–H groups in total. The molecule has 2 heterocycles. The smallest absolute Gasteiger partial charge is 0.325 e. The van der Waals surface area contributed by atoms with Gasteiger partial charge in [0.25, 0.3) is 5.56 Å². The first-order valence-corrected chi connectivity index (χ1v) is 4.47. The molecule has 0 aliphatic carbocycles. The summed E-state index contributed by atoms with van der Waals surface area (Å²) in [7, 11) is 0. The van der Waals surface area contributed by atoms with Gasteiger partial charge < -0.3 is 9.40 Å². The van der Waals surface area contributed by atoms with Crippen LogP contribution in [0.1, 0.15) is 11.5 Å². The predicted molar refractivity (Wildman–Crippen MR) is 54.9 cm³/mol. The average molecular weight is 206 g/mol. The summed E-state index contributed by atoms with van der Waals surface area (Å²) in [5, 5.41) is 0. The SMILES string of the molecule is Cc1cc(-c2c[nH]c(=O)[nH]c2=O)c(C)o1. The lowest BCUT2D eigenvalue weighted by Gasteiger charge is -1.95. The van der Waals surface area contributed by atoms with Crippen LogP contribution < -0.4 is 11.2 Å². The molecule has 0 spiro atoms. The molecule has 0 bridgehead atoms. The summed E-state index contributed by atoms with van der Waals surface area (Å²) < 4.78 is 5.31.